The second-order valence-electron chi connectivity index (χ2n) is 9.30. The van der Waals surface area contributed by atoms with Crippen molar-refractivity contribution in [1.29, 1.82) is 0 Å². The van der Waals surface area contributed by atoms with Crippen molar-refractivity contribution in [2.45, 2.75) is 33.0 Å². The molecule has 2 aromatic carbocycles. The molecule has 0 saturated carbocycles. The van der Waals surface area contributed by atoms with Crippen molar-refractivity contribution < 1.29 is 19.0 Å². The minimum atomic E-state index is -0.584. The van der Waals surface area contributed by atoms with Crippen LogP contribution in [0.4, 0.5) is 16.3 Å². The van der Waals surface area contributed by atoms with Crippen molar-refractivity contribution >= 4 is 56.0 Å². The van der Waals surface area contributed by atoms with E-state index in [1.165, 1.54) is 4.57 Å². The van der Waals surface area contributed by atoms with Crippen LogP contribution in [0.2, 0.25) is 5.02 Å². The summed E-state index contributed by atoms with van der Waals surface area (Å²) in [5, 5.41) is 3.71. The molecule has 3 aromatic rings. The van der Waals surface area contributed by atoms with E-state index >= 15 is 0 Å². The van der Waals surface area contributed by atoms with Crippen LogP contribution in [0.15, 0.2) is 39.6 Å². The number of alkyl carbamates (subject to hydrolysis) is 1. The Kier molecular flexibility index (Phi) is 7.77. The molecule has 1 aliphatic rings. The first-order valence-corrected chi connectivity index (χ1v) is 12.6. The van der Waals surface area contributed by atoms with Gasteiger partial charge in [-0.15, -0.1) is 0 Å². The van der Waals surface area contributed by atoms with Gasteiger partial charge in [0.05, 0.1) is 30.3 Å². The summed E-state index contributed by atoms with van der Waals surface area (Å²) >= 11 is 10.2. The lowest BCUT2D eigenvalue weighted by Crippen LogP contribution is -2.34. The Bertz CT molecular complexity index is 1350. The van der Waals surface area contributed by atoms with Crippen LogP contribution in [0.5, 0.6) is 5.75 Å². The third-order valence-corrected chi connectivity index (χ3v) is 6.55. The maximum atomic E-state index is 12.9. The zero-order valence-electron chi connectivity index (χ0n) is 20.6. The number of carbonyl (C=O) groups excluding carboxylic acids is 1. The average molecular weight is 580 g/mol. The van der Waals surface area contributed by atoms with E-state index in [1.807, 2.05) is 23.1 Å². The van der Waals surface area contributed by atoms with Crippen molar-refractivity contribution in [3.8, 4) is 5.75 Å². The Morgan fingerprint density at radius 2 is 2.08 bits per heavy atom. The van der Waals surface area contributed by atoms with Crippen molar-refractivity contribution in [2.24, 2.45) is 7.05 Å². The highest BCUT2D eigenvalue weighted by Crippen LogP contribution is 2.38. The Morgan fingerprint density at radius 1 is 1.31 bits per heavy atom. The lowest BCUT2D eigenvalue weighted by molar-refractivity contribution is 0.0520. The molecule has 0 unspecified atom stereocenters. The fraction of sp³-hybridized carbons (Fsp3) is 0.400. The molecule has 36 heavy (non-hydrogen) atoms. The van der Waals surface area contributed by atoms with Gasteiger partial charge in [0.2, 0.25) is 0 Å². The van der Waals surface area contributed by atoms with Crippen molar-refractivity contribution in [1.82, 2.24) is 14.9 Å². The number of fused-ring (bicyclic) bond motifs is 2. The van der Waals surface area contributed by atoms with Gasteiger partial charge in [-0.1, -0.05) is 33.6 Å². The fourth-order valence-electron chi connectivity index (χ4n) is 3.89. The third kappa shape index (κ3) is 5.77. The highest BCUT2D eigenvalue weighted by Gasteiger charge is 2.24. The molecule has 0 spiro atoms. The summed E-state index contributed by atoms with van der Waals surface area (Å²) in [6, 6.07) is 9.34. The average Bonchev–Trinajstić information content (AvgIpc) is 3.02. The van der Waals surface area contributed by atoms with E-state index in [0.29, 0.717) is 47.3 Å². The monoisotopic (exact) mass is 578 g/mol. The number of aryl methyl sites for hydroxylation is 1. The van der Waals surface area contributed by atoms with Crippen molar-refractivity contribution in [3.05, 3.63) is 55.9 Å². The van der Waals surface area contributed by atoms with Gasteiger partial charge >= 0.3 is 11.8 Å². The van der Waals surface area contributed by atoms with Gasteiger partial charge in [-0.05, 0) is 39.0 Å². The second kappa shape index (κ2) is 10.7. The summed E-state index contributed by atoms with van der Waals surface area (Å²) < 4.78 is 19.2. The first kappa shape index (κ1) is 26.2. The minimum Gasteiger partial charge on any atom is -0.490 e. The summed E-state index contributed by atoms with van der Waals surface area (Å²) in [6.07, 6.45) is -0.526. The van der Waals surface area contributed by atoms with Gasteiger partial charge in [0, 0.05) is 40.8 Å². The molecular weight excluding hydrogens is 552 g/mol. The lowest BCUT2D eigenvalue weighted by atomic mass is 10.1. The number of hydrogen-bond donors (Lipinski definition) is 1. The smallest absolute Gasteiger partial charge is 0.407 e. The predicted octanol–water partition coefficient (Wildman–Crippen LogP) is 4.92. The molecule has 0 fully saturated rings. The third-order valence-electron chi connectivity index (χ3n) is 5.52. The van der Waals surface area contributed by atoms with Crippen LogP contribution in [-0.2, 0) is 23.1 Å². The van der Waals surface area contributed by atoms with E-state index in [1.54, 1.807) is 40.0 Å². The molecule has 192 valence electrons. The minimum absolute atomic E-state index is 0.168. The number of nitrogens with one attached hydrogen (secondary N) is 1. The van der Waals surface area contributed by atoms with Crippen LogP contribution in [-0.4, -0.2) is 47.5 Å². The fourth-order valence-corrected chi connectivity index (χ4v) is 4.57. The van der Waals surface area contributed by atoms with Crippen molar-refractivity contribution in [3.63, 3.8) is 0 Å². The summed E-state index contributed by atoms with van der Waals surface area (Å²) in [5.41, 5.74) is 1.52. The van der Waals surface area contributed by atoms with Gasteiger partial charge in [-0.3, -0.25) is 4.57 Å². The summed E-state index contributed by atoms with van der Waals surface area (Å²) in [5.74, 6) is 0.891. The number of aromatic nitrogens is 2. The largest absolute Gasteiger partial charge is 0.490 e. The zero-order chi connectivity index (χ0) is 26.0. The molecule has 11 heteroatoms. The van der Waals surface area contributed by atoms with Gasteiger partial charge in [0.1, 0.15) is 23.8 Å². The summed E-state index contributed by atoms with van der Waals surface area (Å²) in [7, 11) is 1.65. The Balaban J connectivity index is 1.64. The van der Waals surface area contributed by atoms with Crippen LogP contribution in [0.1, 0.15) is 26.3 Å². The number of amides is 1. The summed E-state index contributed by atoms with van der Waals surface area (Å²) in [6.45, 7) is 7.21. The lowest BCUT2D eigenvalue weighted by Gasteiger charge is -2.25. The quantitative estimate of drug-likeness (QED) is 0.429. The standard InChI is InChI=1S/C25H28BrClN4O5/c1-25(2,3)36-24(33)28-8-10-35-21-13-20-15(12-18(21)27)22(29-23(32)30(20)4)31-9-11-34-14-16-17(26)6-5-7-19(16)31/h5-7,12-13H,8-11,14H2,1-4H3,(H,28,33). The molecule has 1 aromatic heterocycles. The number of benzene rings is 2. The van der Waals surface area contributed by atoms with Crippen LogP contribution in [0, 0.1) is 0 Å². The van der Waals surface area contributed by atoms with Crippen LogP contribution < -0.4 is 20.6 Å². The Morgan fingerprint density at radius 3 is 2.83 bits per heavy atom. The molecule has 1 N–H and O–H groups in total. The zero-order valence-corrected chi connectivity index (χ0v) is 22.9. The van der Waals surface area contributed by atoms with E-state index in [9.17, 15) is 9.59 Å². The topological polar surface area (TPSA) is 94.9 Å². The van der Waals surface area contributed by atoms with Gasteiger partial charge in [-0.2, -0.15) is 4.98 Å². The molecule has 0 atom stereocenters. The Labute approximate surface area is 222 Å². The molecule has 0 saturated heterocycles. The van der Waals surface area contributed by atoms with E-state index in [0.717, 1.165) is 15.7 Å². The van der Waals surface area contributed by atoms with Gasteiger partial charge < -0.3 is 24.4 Å². The molecule has 0 radical (unpaired) electrons. The van der Waals surface area contributed by atoms with Crippen molar-refractivity contribution in [2.75, 3.05) is 31.2 Å². The maximum Gasteiger partial charge on any atom is 0.407 e. The van der Waals surface area contributed by atoms with Crippen LogP contribution in [0.3, 0.4) is 0 Å². The van der Waals surface area contributed by atoms with E-state index in [-0.39, 0.29) is 13.2 Å². The van der Waals surface area contributed by atoms with E-state index < -0.39 is 17.4 Å². The van der Waals surface area contributed by atoms with Gasteiger partial charge in [0.15, 0.2) is 0 Å². The molecule has 1 aliphatic heterocycles. The predicted molar refractivity (Wildman–Crippen MR) is 143 cm³/mol. The molecule has 4 rings (SSSR count). The first-order chi connectivity index (χ1) is 17.0. The number of rotatable bonds is 5. The highest BCUT2D eigenvalue weighted by molar-refractivity contribution is 9.10. The number of halogens is 2. The van der Waals surface area contributed by atoms with Crippen LogP contribution >= 0.6 is 27.5 Å². The molecule has 9 nitrogen and oxygen atoms in total. The van der Waals surface area contributed by atoms with Gasteiger partial charge in [-0.25, -0.2) is 9.59 Å². The highest BCUT2D eigenvalue weighted by atomic mass is 79.9. The van der Waals surface area contributed by atoms with Gasteiger partial charge in [0.25, 0.3) is 0 Å². The second-order valence-corrected chi connectivity index (χ2v) is 10.6. The maximum absolute atomic E-state index is 12.9. The van der Waals surface area contributed by atoms with E-state index in [2.05, 4.69) is 26.2 Å². The summed E-state index contributed by atoms with van der Waals surface area (Å²) in [4.78, 5) is 31.1. The van der Waals surface area contributed by atoms with Crippen LogP contribution in [0.25, 0.3) is 10.9 Å². The molecule has 0 aliphatic carbocycles. The normalized spacial score (nSPS) is 13.8. The molecule has 2 heterocycles. The molecule has 0 bridgehead atoms. The Hall–Kier alpha value is -2.82. The molecular formula is C25H28BrClN4O5. The number of anilines is 2. The molecule has 1 amide bonds. The van der Waals surface area contributed by atoms with E-state index in [4.69, 9.17) is 25.8 Å². The SMILES string of the molecule is Cn1c(=O)nc(N2CCOCc3c(Br)cccc32)c2cc(Cl)c(OCCNC(=O)OC(C)(C)C)cc21. The number of carbonyl (C=O) groups is 1. The first-order valence-electron chi connectivity index (χ1n) is 11.5. The number of ether oxygens (including phenoxy) is 3. The number of hydrogen-bond acceptors (Lipinski definition) is 7. The number of nitrogens with zero attached hydrogens (tertiary/aromatic N) is 3.